The van der Waals surface area contributed by atoms with Gasteiger partial charge in [0.1, 0.15) is 12.1 Å². The van der Waals surface area contributed by atoms with Gasteiger partial charge in [0.15, 0.2) is 0 Å². The first-order valence-electron chi connectivity index (χ1n) is 6.42. The lowest BCUT2D eigenvalue weighted by Gasteiger charge is -2.18. The van der Waals surface area contributed by atoms with Crippen LogP contribution in [0.15, 0.2) is 30.3 Å². The van der Waals surface area contributed by atoms with Crippen LogP contribution in [0.25, 0.3) is 0 Å². The smallest absolute Gasteiger partial charge is 0.249 e. The van der Waals surface area contributed by atoms with E-state index < -0.39 is 18.1 Å². The van der Waals surface area contributed by atoms with Crippen molar-refractivity contribution in [3.63, 3.8) is 0 Å². The summed E-state index contributed by atoms with van der Waals surface area (Å²) in [6, 6.07) is 8.76. The second-order valence-electron chi connectivity index (χ2n) is 4.65. The predicted octanol–water partition coefficient (Wildman–Crippen LogP) is 0.378. The summed E-state index contributed by atoms with van der Waals surface area (Å²) in [6.07, 6.45) is 1.52. The van der Waals surface area contributed by atoms with Crippen LogP contribution in [0.5, 0.6) is 0 Å². The van der Waals surface area contributed by atoms with Crippen LogP contribution in [0.1, 0.15) is 18.4 Å². The molecule has 1 aliphatic heterocycles. The lowest BCUT2D eigenvalue weighted by molar-refractivity contribution is -0.133. The van der Waals surface area contributed by atoms with Gasteiger partial charge in [0, 0.05) is 13.0 Å². The van der Waals surface area contributed by atoms with Crippen molar-refractivity contribution in [2.45, 2.75) is 31.4 Å². The minimum Gasteiger partial charge on any atom is -0.368 e. The monoisotopic (exact) mass is 262 g/mol. The van der Waals surface area contributed by atoms with E-state index in [0.717, 1.165) is 12.0 Å². The molecule has 2 rings (SSSR count). The summed E-state index contributed by atoms with van der Waals surface area (Å²) in [5.74, 6) is -0.785. The van der Waals surface area contributed by atoms with Gasteiger partial charge in [-0.2, -0.15) is 0 Å². The summed E-state index contributed by atoms with van der Waals surface area (Å²) in [4.78, 5) is 23.3. The fourth-order valence-corrected chi connectivity index (χ4v) is 2.12. The molecule has 1 aromatic rings. The number of nitrogens with one attached hydrogen (secondary N) is 1. The molecule has 2 atom stereocenters. The van der Waals surface area contributed by atoms with E-state index in [4.69, 9.17) is 10.5 Å². The number of amides is 2. The first kappa shape index (κ1) is 13.5. The lowest BCUT2D eigenvalue weighted by atomic mass is 10.1. The number of hydrogen-bond donors (Lipinski definition) is 2. The maximum Gasteiger partial charge on any atom is 0.249 e. The minimum atomic E-state index is -0.695. The van der Waals surface area contributed by atoms with Gasteiger partial charge in [0.05, 0.1) is 0 Å². The molecule has 0 saturated carbocycles. The molecule has 1 fully saturated rings. The first-order valence-corrected chi connectivity index (χ1v) is 6.42. The van der Waals surface area contributed by atoms with E-state index in [1.165, 1.54) is 0 Å². The Kier molecular flexibility index (Phi) is 4.52. The van der Waals surface area contributed by atoms with Gasteiger partial charge in [-0.15, -0.1) is 0 Å². The Morgan fingerprint density at radius 1 is 1.37 bits per heavy atom. The van der Waals surface area contributed by atoms with Crippen molar-refractivity contribution in [3.05, 3.63) is 35.9 Å². The molecule has 5 nitrogen and oxygen atoms in total. The highest BCUT2D eigenvalue weighted by molar-refractivity contribution is 5.88. The number of carbonyl (C=O) groups excluding carboxylic acids is 2. The van der Waals surface area contributed by atoms with E-state index >= 15 is 0 Å². The number of rotatable bonds is 5. The standard InChI is InChI=1S/C14H18N2O3/c15-13(17)11(9-10-5-2-1-3-6-10)16-14(18)12-7-4-8-19-12/h1-3,5-6,11-12H,4,7-9H2,(H2,15,17)(H,16,18)/t11-,12+/m0/s1. The summed E-state index contributed by atoms with van der Waals surface area (Å²) in [7, 11) is 0. The van der Waals surface area contributed by atoms with Crippen molar-refractivity contribution in [3.8, 4) is 0 Å². The maximum atomic E-state index is 11.9. The molecule has 0 radical (unpaired) electrons. The Morgan fingerprint density at radius 3 is 2.68 bits per heavy atom. The zero-order chi connectivity index (χ0) is 13.7. The summed E-state index contributed by atoms with van der Waals surface area (Å²) < 4.78 is 5.28. The van der Waals surface area contributed by atoms with Crippen molar-refractivity contribution in [2.75, 3.05) is 6.61 Å². The number of ether oxygens (including phenoxy) is 1. The van der Waals surface area contributed by atoms with Crippen molar-refractivity contribution in [2.24, 2.45) is 5.73 Å². The normalized spacial score (nSPS) is 19.9. The average Bonchev–Trinajstić information content (AvgIpc) is 2.93. The van der Waals surface area contributed by atoms with E-state index in [1.807, 2.05) is 30.3 Å². The van der Waals surface area contributed by atoms with Crippen LogP contribution in [0.3, 0.4) is 0 Å². The van der Waals surface area contributed by atoms with E-state index in [0.29, 0.717) is 19.4 Å². The Hall–Kier alpha value is -1.88. The largest absolute Gasteiger partial charge is 0.368 e. The average molecular weight is 262 g/mol. The molecule has 2 amide bonds. The van der Waals surface area contributed by atoms with Gasteiger partial charge >= 0.3 is 0 Å². The quantitative estimate of drug-likeness (QED) is 0.804. The number of benzene rings is 1. The molecule has 0 spiro atoms. The van der Waals surface area contributed by atoms with Crippen LogP contribution in [0.2, 0.25) is 0 Å². The van der Waals surface area contributed by atoms with Crippen LogP contribution < -0.4 is 11.1 Å². The molecule has 1 aromatic carbocycles. The zero-order valence-corrected chi connectivity index (χ0v) is 10.7. The molecule has 1 saturated heterocycles. The summed E-state index contributed by atoms with van der Waals surface area (Å²) in [5.41, 5.74) is 6.29. The van der Waals surface area contributed by atoms with Crippen molar-refractivity contribution < 1.29 is 14.3 Å². The number of primary amides is 1. The van der Waals surface area contributed by atoms with E-state index in [2.05, 4.69) is 5.32 Å². The molecule has 102 valence electrons. The van der Waals surface area contributed by atoms with E-state index in [1.54, 1.807) is 0 Å². The van der Waals surface area contributed by atoms with Crippen LogP contribution in [0.4, 0.5) is 0 Å². The SMILES string of the molecule is NC(=O)[C@H](Cc1ccccc1)NC(=O)[C@H]1CCCO1. The highest BCUT2D eigenvalue weighted by atomic mass is 16.5. The van der Waals surface area contributed by atoms with Crippen LogP contribution >= 0.6 is 0 Å². The third-order valence-corrected chi connectivity index (χ3v) is 3.16. The molecule has 0 aliphatic carbocycles. The zero-order valence-electron chi connectivity index (χ0n) is 10.7. The van der Waals surface area contributed by atoms with Gasteiger partial charge in [-0.05, 0) is 18.4 Å². The summed E-state index contributed by atoms with van der Waals surface area (Å²) >= 11 is 0. The van der Waals surface area contributed by atoms with Gasteiger partial charge in [-0.3, -0.25) is 9.59 Å². The van der Waals surface area contributed by atoms with Gasteiger partial charge in [-0.1, -0.05) is 30.3 Å². The van der Waals surface area contributed by atoms with E-state index in [9.17, 15) is 9.59 Å². The number of hydrogen-bond acceptors (Lipinski definition) is 3. The highest BCUT2D eigenvalue weighted by Gasteiger charge is 2.27. The number of nitrogens with two attached hydrogens (primary N) is 1. The Morgan fingerprint density at radius 2 is 2.11 bits per heavy atom. The second kappa shape index (κ2) is 6.33. The molecule has 0 bridgehead atoms. The Bertz CT molecular complexity index is 441. The molecule has 0 unspecified atom stereocenters. The molecule has 0 aromatic heterocycles. The third kappa shape index (κ3) is 3.79. The predicted molar refractivity (Wildman–Crippen MR) is 70.2 cm³/mol. The molecular formula is C14H18N2O3. The molecule has 1 aliphatic rings. The molecule has 3 N–H and O–H groups in total. The Balaban J connectivity index is 1.96. The molecule has 5 heteroatoms. The fourth-order valence-electron chi connectivity index (χ4n) is 2.12. The maximum absolute atomic E-state index is 11.9. The first-order chi connectivity index (χ1) is 9.16. The van der Waals surface area contributed by atoms with Gasteiger partial charge in [-0.25, -0.2) is 0 Å². The summed E-state index contributed by atoms with van der Waals surface area (Å²) in [5, 5.41) is 2.67. The van der Waals surface area contributed by atoms with Crippen LogP contribution in [0, 0.1) is 0 Å². The molecular weight excluding hydrogens is 244 g/mol. The van der Waals surface area contributed by atoms with Gasteiger partial charge < -0.3 is 15.8 Å². The van der Waals surface area contributed by atoms with Crippen LogP contribution in [-0.2, 0) is 20.7 Å². The van der Waals surface area contributed by atoms with Crippen molar-refractivity contribution >= 4 is 11.8 Å². The third-order valence-electron chi connectivity index (χ3n) is 3.16. The lowest BCUT2D eigenvalue weighted by Crippen LogP contribution is -2.49. The van der Waals surface area contributed by atoms with Gasteiger partial charge in [0.25, 0.3) is 0 Å². The minimum absolute atomic E-state index is 0.253. The van der Waals surface area contributed by atoms with Crippen LogP contribution in [-0.4, -0.2) is 30.6 Å². The summed E-state index contributed by atoms with van der Waals surface area (Å²) in [6.45, 7) is 0.595. The highest BCUT2D eigenvalue weighted by Crippen LogP contribution is 2.12. The van der Waals surface area contributed by atoms with Crippen molar-refractivity contribution in [1.82, 2.24) is 5.32 Å². The fraction of sp³-hybridized carbons (Fsp3) is 0.429. The van der Waals surface area contributed by atoms with Crippen molar-refractivity contribution in [1.29, 1.82) is 0 Å². The Labute approximate surface area is 112 Å². The topological polar surface area (TPSA) is 81.4 Å². The van der Waals surface area contributed by atoms with Gasteiger partial charge in [0.2, 0.25) is 11.8 Å². The number of carbonyl (C=O) groups is 2. The molecule has 19 heavy (non-hydrogen) atoms. The second-order valence-corrected chi connectivity index (χ2v) is 4.65. The molecule has 1 heterocycles. The van der Waals surface area contributed by atoms with E-state index in [-0.39, 0.29) is 5.91 Å².